The first kappa shape index (κ1) is 22.1. The van der Waals surface area contributed by atoms with Gasteiger partial charge in [-0.2, -0.15) is 0 Å². The predicted octanol–water partition coefficient (Wildman–Crippen LogP) is 4.06. The topological polar surface area (TPSA) is 44.8 Å². The third-order valence-corrected chi connectivity index (χ3v) is 6.40. The van der Waals surface area contributed by atoms with Crippen molar-refractivity contribution in [3.63, 3.8) is 0 Å². The number of halogens is 1. The van der Waals surface area contributed by atoms with Gasteiger partial charge in [0.1, 0.15) is 5.70 Å². The number of nitrogens with zero attached hydrogens (tertiary/aromatic N) is 2. The summed E-state index contributed by atoms with van der Waals surface area (Å²) < 4.78 is 6.96. The fourth-order valence-electron chi connectivity index (χ4n) is 3.95. The number of amides is 1. The van der Waals surface area contributed by atoms with Crippen LogP contribution >= 0.6 is 15.9 Å². The van der Waals surface area contributed by atoms with E-state index in [0.717, 1.165) is 48.8 Å². The number of carbonyl (C=O) groups excluding carboxylic acids is 1. The molecule has 0 saturated carbocycles. The summed E-state index contributed by atoms with van der Waals surface area (Å²) in [6, 6.07) is 8.47. The average molecular weight is 462 g/mol. The Hall–Kier alpha value is -1.63. The number of nitrogens with one attached hydrogen (secondary N) is 1. The van der Waals surface area contributed by atoms with Crippen molar-refractivity contribution < 1.29 is 9.53 Å². The van der Waals surface area contributed by atoms with Gasteiger partial charge in [0.15, 0.2) is 0 Å². The molecule has 0 aromatic heterocycles. The van der Waals surface area contributed by atoms with Crippen LogP contribution in [0.1, 0.15) is 38.2 Å². The molecule has 0 radical (unpaired) electrons. The van der Waals surface area contributed by atoms with E-state index >= 15 is 0 Å². The molecule has 2 unspecified atom stereocenters. The number of fused-ring (bicyclic) bond motifs is 1. The smallest absolute Gasteiger partial charge is 0.270 e. The highest BCUT2D eigenvalue weighted by molar-refractivity contribution is 9.10. The largest absolute Gasteiger partial charge is 0.373 e. The number of likely N-dealkylation sites (tertiary alicyclic amines) is 1. The van der Waals surface area contributed by atoms with Gasteiger partial charge in [0.2, 0.25) is 0 Å². The summed E-state index contributed by atoms with van der Waals surface area (Å²) in [5.41, 5.74) is 1.84. The Balaban J connectivity index is 1.77. The van der Waals surface area contributed by atoms with Crippen LogP contribution in [0.25, 0.3) is 0 Å². The molecule has 1 aromatic carbocycles. The van der Waals surface area contributed by atoms with E-state index < -0.39 is 0 Å². The van der Waals surface area contributed by atoms with Gasteiger partial charge in [-0.1, -0.05) is 60.1 Å². The minimum atomic E-state index is 0.0701. The Bertz CT molecular complexity index is 737. The first-order valence-electron chi connectivity index (χ1n) is 10.6. The summed E-state index contributed by atoms with van der Waals surface area (Å²) in [6.07, 6.45) is 7.90. The third kappa shape index (κ3) is 5.71. The first-order valence-corrected chi connectivity index (χ1v) is 11.4. The SMILES string of the molecule is C=CN(Cc1ccccc1Br)C(=CCCCC)C(=O)N1CCC2NCCOC2C1. The van der Waals surface area contributed by atoms with Crippen molar-refractivity contribution in [2.24, 2.45) is 0 Å². The molecule has 6 heteroatoms. The summed E-state index contributed by atoms with van der Waals surface area (Å²) in [7, 11) is 0. The molecular formula is C23H32BrN3O2. The van der Waals surface area contributed by atoms with Crippen molar-refractivity contribution in [2.75, 3.05) is 26.2 Å². The summed E-state index contributed by atoms with van der Waals surface area (Å²) >= 11 is 3.62. The van der Waals surface area contributed by atoms with Crippen LogP contribution in [0.5, 0.6) is 0 Å². The van der Waals surface area contributed by atoms with Gasteiger partial charge in [-0.3, -0.25) is 4.79 Å². The van der Waals surface area contributed by atoms with Gasteiger partial charge in [0.05, 0.1) is 12.7 Å². The maximum absolute atomic E-state index is 13.5. The average Bonchev–Trinajstić information content (AvgIpc) is 2.76. The van der Waals surface area contributed by atoms with Crippen LogP contribution in [-0.4, -0.2) is 54.1 Å². The summed E-state index contributed by atoms with van der Waals surface area (Å²) in [5.74, 6) is 0.0701. The lowest BCUT2D eigenvalue weighted by Crippen LogP contribution is -2.59. The molecule has 0 spiro atoms. The molecule has 5 nitrogen and oxygen atoms in total. The number of ether oxygens (including phenoxy) is 1. The molecule has 2 aliphatic heterocycles. The molecule has 1 amide bonds. The number of hydrogen-bond donors (Lipinski definition) is 1. The van der Waals surface area contributed by atoms with Crippen molar-refractivity contribution in [3.8, 4) is 0 Å². The van der Waals surface area contributed by atoms with Crippen LogP contribution < -0.4 is 5.32 Å². The molecular weight excluding hydrogens is 430 g/mol. The van der Waals surface area contributed by atoms with Gasteiger partial charge < -0.3 is 19.9 Å². The second-order valence-corrected chi connectivity index (χ2v) is 8.50. The zero-order valence-corrected chi connectivity index (χ0v) is 18.9. The van der Waals surface area contributed by atoms with Gasteiger partial charge in [0, 0.05) is 36.7 Å². The van der Waals surface area contributed by atoms with Gasteiger partial charge in [0.25, 0.3) is 5.91 Å². The van der Waals surface area contributed by atoms with E-state index in [9.17, 15) is 4.79 Å². The van der Waals surface area contributed by atoms with E-state index in [-0.39, 0.29) is 12.0 Å². The monoisotopic (exact) mass is 461 g/mol. The third-order valence-electron chi connectivity index (χ3n) is 5.63. The second-order valence-electron chi connectivity index (χ2n) is 7.64. The molecule has 2 heterocycles. The Morgan fingerprint density at radius 1 is 1.45 bits per heavy atom. The fourth-order valence-corrected chi connectivity index (χ4v) is 4.36. The molecule has 2 atom stereocenters. The Kier molecular flexibility index (Phi) is 8.33. The maximum Gasteiger partial charge on any atom is 0.270 e. The molecule has 158 valence electrons. The molecule has 29 heavy (non-hydrogen) atoms. The van der Waals surface area contributed by atoms with Gasteiger partial charge >= 0.3 is 0 Å². The number of allylic oxidation sites excluding steroid dienone is 1. The van der Waals surface area contributed by atoms with Crippen molar-refractivity contribution in [2.45, 2.75) is 51.3 Å². The quantitative estimate of drug-likeness (QED) is 0.468. The number of rotatable bonds is 8. The normalized spacial score (nSPS) is 22.1. The minimum Gasteiger partial charge on any atom is -0.373 e. The zero-order chi connectivity index (χ0) is 20.6. The number of carbonyl (C=O) groups is 1. The zero-order valence-electron chi connectivity index (χ0n) is 17.3. The highest BCUT2D eigenvalue weighted by atomic mass is 79.9. The number of benzene rings is 1. The number of hydrogen-bond acceptors (Lipinski definition) is 4. The van der Waals surface area contributed by atoms with Crippen LogP contribution in [0.3, 0.4) is 0 Å². The Morgan fingerprint density at radius 3 is 3.03 bits per heavy atom. The van der Waals surface area contributed by atoms with E-state index in [1.807, 2.05) is 28.0 Å². The van der Waals surface area contributed by atoms with E-state index in [1.54, 1.807) is 6.20 Å². The lowest BCUT2D eigenvalue weighted by atomic mass is 10.00. The lowest BCUT2D eigenvalue weighted by molar-refractivity contribution is -0.135. The fraction of sp³-hybridized carbons (Fsp3) is 0.522. The van der Waals surface area contributed by atoms with Crippen molar-refractivity contribution >= 4 is 21.8 Å². The van der Waals surface area contributed by atoms with Gasteiger partial charge in [-0.05, 0) is 37.1 Å². The lowest BCUT2D eigenvalue weighted by Gasteiger charge is -2.42. The van der Waals surface area contributed by atoms with Crippen LogP contribution in [0.15, 0.2) is 53.3 Å². The summed E-state index contributed by atoms with van der Waals surface area (Å²) in [4.78, 5) is 17.4. The molecule has 3 rings (SSSR count). The summed E-state index contributed by atoms with van der Waals surface area (Å²) in [6.45, 7) is 9.76. The Morgan fingerprint density at radius 2 is 2.28 bits per heavy atom. The minimum absolute atomic E-state index is 0.0701. The second kappa shape index (κ2) is 11.0. The first-order chi connectivity index (χ1) is 14.1. The molecule has 2 fully saturated rings. The number of morpholine rings is 1. The Labute approximate surface area is 182 Å². The van der Waals surface area contributed by atoms with Gasteiger partial charge in [-0.25, -0.2) is 0 Å². The highest BCUT2D eigenvalue weighted by Crippen LogP contribution is 2.24. The standard InChI is InChI=1S/C23H32BrN3O2/c1-3-5-6-11-21(26(4-2)16-18-9-7-8-10-19(18)24)23(28)27-14-12-20-22(17-27)29-15-13-25-20/h4,7-11,20,22,25H,2-3,5-6,12-17H2,1H3. The van der Waals surface area contributed by atoms with Crippen LogP contribution in [0.4, 0.5) is 0 Å². The van der Waals surface area contributed by atoms with E-state index in [4.69, 9.17) is 4.74 Å². The molecule has 0 aliphatic carbocycles. The molecule has 2 aliphatic rings. The predicted molar refractivity (Wildman–Crippen MR) is 120 cm³/mol. The molecule has 1 N–H and O–H groups in total. The molecule has 0 bridgehead atoms. The van der Waals surface area contributed by atoms with Crippen molar-refractivity contribution in [1.82, 2.24) is 15.1 Å². The van der Waals surface area contributed by atoms with E-state index in [2.05, 4.69) is 46.9 Å². The number of unbranched alkanes of at least 4 members (excludes halogenated alkanes) is 2. The van der Waals surface area contributed by atoms with Crippen LogP contribution in [-0.2, 0) is 16.1 Å². The summed E-state index contributed by atoms with van der Waals surface area (Å²) in [5, 5.41) is 3.52. The molecule has 2 saturated heterocycles. The van der Waals surface area contributed by atoms with E-state index in [1.165, 1.54) is 0 Å². The van der Waals surface area contributed by atoms with Crippen molar-refractivity contribution in [3.05, 3.63) is 58.9 Å². The van der Waals surface area contributed by atoms with E-state index in [0.29, 0.717) is 31.4 Å². The van der Waals surface area contributed by atoms with Gasteiger partial charge in [-0.15, -0.1) is 0 Å². The maximum atomic E-state index is 13.5. The van der Waals surface area contributed by atoms with Crippen LogP contribution in [0, 0.1) is 0 Å². The molecule has 1 aromatic rings. The highest BCUT2D eigenvalue weighted by Gasteiger charge is 2.35. The van der Waals surface area contributed by atoms with Crippen molar-refractivity contribution in [1.29, 1.82) is 0 Å². The number of piperidine rings is 1. The van der Waals surface area contributed by atoms with Crippen LogP contribution in [0.2, 0.25) is 0 Å².